The van der Waals surface area contributed by atoms with Gasteiger partial charge < -0.3 is 14.8 Å². The highest BCUT2D eigenvalue weighted by molar-refractivity contribution is 6.39. The predicted octanol–water partition coefficient (Wildman–Crippen LogP) is 3.70. The van der Waals surface area contributed by atoms with Crippen molar-refractivity contribution in [1.29, 1.82) is 0 Å². The van der Waals surface area contributed by atoms with E-state index in [0.717, 1.165) is 5.56 Å². The van der Waals surface area contributed by atoms with Gasteiger partial charge in [0.2, 0.25) is 0 Å². The number of carbonyl (C=O) groups excluding carboxylic acids is 3. The molecule has 0 saturated carbocycles. The Balaban J connectivity index is 1.62. The maximum Gasteiger partial charge on any atom is 0.343 e. The first kappa shape index (κ1) is 23.2. The standard InChI is InChI=1S/C25H23N3O5/c1-3-32-22-15-18(11-14-21(22)33-25(31)19-7-5-4-6-8-19)16-26-28-24(30)23(29)27-20-12-9-17(2)10-13-20/h4-16H,3H2,1-2H3,(H,27,29)(H,28,30). The summed E-state index contributed by atoms with van der Waals surface area (Å²) in [6.07, 6.45) is 1.35. The monoisotopic (exact) mass is 445 g/mol. The zero-order valence-corrected chi connectivity index (χ0v) is 18.2. The molecule has 0 radical (unpaired) electrons. The van der Waals surface area contributed by atoms with Crippen molar-refractivity contribution in [2.75, 3.05) is 11.9 Å². The van der Waals surface area contributed by atoms with Crippen molar-refractivity contribution in [1.82, 2.24) is 5.43 Å². The molecule has 0 spiro atoms. The second-order valence-corrected chi connectivity index (χ2v) is 6.91. The summed E-state index contributed by atoms with van der Waals surface area (Å²) in [6.45, 7) is 4.08. The minimum Gasteiger partial charge on any atom is -0.490 e. The number of aryl methyl sites for hydroxylation is 1. The van der Waals surface area contributed by atoms with E-state index in [0.29, 0.717) is 29.2 Å². The number of nitrogens with one attached hydrogen (secondary N) is 2. The normalized spacial score (nSPS) is 10.5. The minimum absolute atomic E-state index is 0.254. The lowest BCUT2D eigenvalue weighted by Crippen LogP contribution is -2.32. The molecule has 2 amide bonds. The molecule has 0 heterocycles. The Bertz CT molecular complexity index is 1160. The Morgan fingerprint density at radius 2 is 1.64 bits per heavy atom. The summed E-state index contributed by atoms with van der Waals surface area (Å²) in [6, 6.07) is 20.5. The molecule has 3 aromatic carbocycles. The summed E-state index contributed by atoms with van der Waals surface area (Å²) >= 11 is 0. The smallest absolute Gasteiger partial charge is 0.343 e. The highest BCUT2D eigenvalue weighted by Crippen LogP contribution is 2.29. The van der Waals surface area contributed by atoms with Crippen LogP contribution in [0.5, 0.6) is 11.5 Å². The Hall–Kier alpha value is -4.46. The van der Waals surface area contributed by atoms with Gasteiger partial charge in [-0.1, -0.05) is 35.9 Å². The predicted molar refractivity (Wildman–Crippen MR) is 125 cm³/mol. The van der Waals surface area contributed by atoms with Gasteiger partial charge in [0, 0.05) is 5.69 Å². The molecule has 0 atom stereocenters. The SMILES string of the molecule is CCOc1cc(C=NNC(=O)C(=O)Nc2ccc(C)cc2)ccc1OC(=O)c1ccccc1. The fourth-order valence-electron chi connectivity index (χ4n) is 2.73. The van der Waals surface area contributed by atoms with E-state index in [9.17, 15) is 14.4 Å². The molecule has 0 aliphatic rings. The maximum absolute atomic E-state index is 12.3. The van der Waals surface area contributed by atoms with Crippen molar-refractivity contribution in [2.24, 2.45) is 5.10 Å². The quantitative estimate of drug-likeness (QED) is 0.190. The lowest BCUT2D eigenvalue weighted by atomic mass is 10.2. The van der Waals surface area contributed by atoms with Crippen molar-refractivity contribution < 1.29 is 23.9 Å². The largest absolute Gasteiger partial charge is 0.490 e. The van der Waals surface area contributed by atoms with Crippen molar-refractivity contribution in [3.8, 4) is 11.5 Å². The molecule has 3 rings (SSSR count). The molecule has 0 fully saturated rings. The van der Waals surface area contributed by atoms with Crippen LogP contribution < -0.4 is 20.2 Å². The Labute approximate surface area is 191 Å². The zero-order chi connectivity index (χ0) is 23.6. The number of ether oxygens (including phenoxy) is 2. The van der Waals surface area contributed by atoms with Crippen LogP contribution in [0.2, 0.25) is 0 Å². The van der Waals surface area contributed by atoms with Gasteiger partial charge in [-0.05, 0) is 61.9 Å². The molecule has 2 N–H and O–H groups in total. The second kappa shape index (κ2) is 11.2. The average Bonchev–Trinajstić information content (AvgIpc) is 2.82. The lowest BCUT2D eigenvalue weighted by molar-refractivity contribution is -0.136. The number of anilines is 1. The van der Waals surface area contributed by atoms with Crippen LogP contribution in [0.3, 0.4) is 0 Å². The molecule has 3 aromatic rings. The number of hydrazone groups is 1. The third-order valence-electron chi connectivity index (χ3n) is 4.38. The van der Waals surface area contributed by atoms with E-state index in [4.69, 9.17) is 9.47 Å². The van der Waals surface area contributed by atoms with Crippen LogP contribution in [-0.4, -0.2) is 30.6 Å². The van der Waals surface area contributed by atoms with Crippen molar-refractivity contribution in [3.05, 3.63) is 89.5 Å². The molecule has 0 bridgehead atoms. The van der Waals surface area contributed by atoms with Gasteiger partial charge >= 0.3 is 17.8 Å². The first-order valence-corrected chi connectivity index (χ1v) is 10.2. The van der Waals surface area contributed by atoms with Crippen LogP contribution in [0.1, 0.15) is 28.4 Å². The fraction of sp³-hybridized carbons (Fsp3) is 0.120. The number of hydrogen-bond acceptors (Lipinski definition) is 6. The van der Waals surface area contributed by atoms with Gasteiger partial charge in [-0.3, -0.25) is 9.59 Å². The zero-order valence-electron chi connectivity index (χ0n) is 18.2. The van der Waals surface area contributed by atoms with Crippen LogP contribution in [-0.2, 0) is 9.59 Å². The third kappa shape index (κ3) is 6.76. The molecule has 0 saturated heterocycles. The van der Waals surface area contributed by atoms with E-state index < -0.39 is 17.8 Å². The lowest BCUT2D eigenvalue weighted by Gasteiger charge is -2.11. The fourth-order valence-corrected chi connectivity index (χ4v) is 2.73. The molecule has 33 heavy (non-hydrogen) atoms. The van der Waals surface area contributed by atoms with Crippen molar-refractivity contribution in [2.45, 2.75) is 13.8 Å². The van der Waals surface area contributed by atoms with Gasteiger partial charge in [-0.2, -0.15) is 5.10 Å². The number of hydrogen-bond donors (Lipinski definition) is 2. The molecule has 0 aromatic heterocycles. The van der Waals surface area contributed by atoms with Crippen molar-refractivity contribution in [3.63, 3.8) is 0 Å². The number of rotatable bonds is 7. The van der Waals surface area contributed by atoms with E-state index in [-0.39, 0.29) is 5.75 Å². The van der Waals surface area contributed by atoms with E-state index in [1.54, 1.807) is 67.6 Å². The highest BCUT2D eigenvalue weighted by Gasteiger charge is 2.14. The van der Waals surface area contributed by atoms with Crippen LogP contribution in [0, 0.1) is 6.92 Å². The summed E-state index contributed by atoms with van der Waals surface area (Å²) in [7, 11) is 0. The van der Waals surface area contributed by atoms with E-state index in [1.165, 1.54) is 6.21 Å². The Morgan fingerprint density at radius 3 is 2.33 bits per heavy atom. The number of carbonyl (C=O) groups is 3. The number of benzene rings is 3. The third-order valence-corrected chi connectivity index (χ3v) is 4.38. The summed E-state index contributed by atoms with van der Waals surface area (Å²) < 4.78 is 11.0. The van der Waals surface area contributed by atoms with Crippen LogP contribution >= 0.6 is 0 Å². The Kier molecular flexibility index (Phi) is 7.91. The van der Waals surface area contributed by atoms with Gasteiger partial charge in [0.25, 0.3) is 0 Å². The maximum atomic E-state index is 12.3. The van der Waals surface area contributed by atoms with Crippen LogP contribution in [0.15, 0.2) is 77.9 Å². The van der Waals surface area contributed by atoms with Gasteiger partial charge in [0.15, 0.2) is 11.5 Å². The van der Waals surface area contributed by atoms with Crippen molar-refractivity contribution >= 4 is 29.7 Å². The van der Waals surface area contributed by atoms with Crippen LogP contribution in [0.4, 0.5) is 5.69 Å². The number of amides is 2. The van der Waals surface area contributed by atoms with E-state index in [2.05, 4.69) is 15.8 Å². The molecule has 8 heteroatoms. The second-order valence-electron chi connectivity index (χ2n) is 6.91. The minimum atomic E-state index is -0.912. The molecule has 0 unspecified atom stereocenters. The first-order valence-electron chi connectivity index (χ1n) is 10.2. The summed E-state index contributed by atoms with van der Waals surface area (Å²) in [5, 5.41) is 6.30. The molecular formula is C25H23N3O5. The van der Waals surface area contributed by atoms with E-state index >= 15 is 0 Å². The highest BCUT2D eigenvalue weighted by atomic mass is 16.6. The van der Waals surface area contributed by atoms with Gasteiger partial charge in [-0.15, -0.1) is 0 Å². The van der Waals surface area contributed by atoms with Gasteiger partial charge in [0.05, 0.1) is 18.4 Å². The number of nitrogens with zero attached hydrogens (tertiary/aromatic N) is 1. The number of esters is 1. The molecule has 0 aliphatic carbocycles. The molecular weight excluding hydrogens is 422 g/mol. The average molecular weight is 445 g/mol. The summed E-state index contributed by atoms with van der Waals surface area (Å²) in [5.74, 6) is -1.66. The topological polar surface area (TPSA) is 106 Å². The first-order chi connectivity index (χ1) is 16.0. The van der Waals surface area contributed by atoms with Gasteiger partial charge in [-0.25, -0.2) is 10.2 Å². The molecule has 168 valence electrons. The summed E-state index contributed by atoms with van der Waals surface area (Å²) in [4.78, 5) is 36.3. The van der Waals surface area contributed by atoms with Gasteiger partial charge in [0.1, 0.15) is 0 Å². The molecule has 8 nitrogen and oxygen atoms in total. The Morgan fingerprint density at radius 1 is 0.909 bits per heavy atom. The summed E-state index contributed by atoms with van der Waals surface area (Å²) in [5.41, 5.74) is 4.70. The molecule has 0 aliphatic heterocycles. The van der Waals surface area contributed by atoms with Crippen LogP contribution in [0.25, 0.3) is 0 Å². The van der Waals surface area contributed by atoms with E-state index in [1.807, 2.05) is 19.1 Å².